The van der Waals surface area contributed by atoms with Crippen LogP contribution in [0.4, 0.5) is 5.95 Å². The Morgan fingerprint density at radius 2 is 2.14 bits per heavy atom. The number of fused-ring (bicyclic) bond motifs is 3. The van der Waals surface area contributed by atoms with Gasteiger partial charge in [-0.05, 0) is 18.1 Å². The Morgan fingerprint density at radius 1 is 1.27 bits per heavy atom. The van der Waals surface area contributed by atoms with Crippen LogP contribution in [0.5, 0.6) is 0 Å². The van der Waals surface area contributed by atoms with E-state index in [1.54, 1.807) is 0 Å². The first-order chi connectivity index (χ1) is 10.7. The lowest BCUT2D eigenvalue weighted by molar-refractivity contribution is 0.584. The lowest BCUT2D eigenvalue weighted by atomic mass is 10.1. The lowest BCUT2D eigenvalue weighted by Crippen LogP contribution is -2.34. The van der Waals surface area contributed by atoms with Crippen molar-refractivity contribution in [1.82, 2.24) is 14.9 Å². The summed E-state index contributed by atoms with van der Waals surface area (Å²) in [7, 11) is 0. The highest BCUT2D eigenvalue weighted by molar-refractivity contribution is 5.42. The van der Waals surface area contributed by atoms with Gasteiger partial charge in [0.1, 0.15) is 0 Å². The van der Waals surface area contributed by atoms with Crippen LogP contribution < -0.4 is 15.8 Å². The molecule has 1 aromatic heterocycles. The highest BCUT2D eigenvalue weighted by Gasteiger charge is 2.27. The molecule has 1 N–H and O–H groups in total. The first-order valence-corrected chi connectivity index (χ1v) is 7.87. The lowest BCUT2D eigenvalue weighted by Gasteiger charge is -2.22. The second-order valence-corrected chi connectivity index (χ2v) is 6.07. The van der Waals surface area contributed by atoms with Gasteiger partial charge < -0.3 is 14.8 Å². The second-order valence-electron chi connectivity index (χ2n) is 6.07. The van der Waals surface area contributed by atoms with E-state index >= 15 is 0 Å². The van der Waals surface area contributed by atoms with E-state index in [0.717, 1.165) is 44.1 Å². The maximum Gasteiger partial charge on any atom is 0.279 e. The molecule has 2 aliphatic rings. The smallest absolute Gasteiger partial charge is 0.279 e. The molecule has 0 aliphatic carbocycles. The summed E-state index contributed by atoms with van der Waals surface area (Å²) in [6, 6.07) is 8.41. The van der Waals surface area contributed by atoms with Crippen molar-refractivity contribution in [2.24, 2.45) is 0 Å². The minimum Gasteiger partial charge on any atom is -0.336 e. The maximum atomic E-state index is 12.3. The summed E-state index contributed by atoms with van der Waals surface area (Å²) in [6.45, 7) is 6.38. The third-order valence-corrected chi connectivity index (χ3v) is 4.71. The molecule has 0 saturated heterocycles. The molecule has 0 fully saturated rings. The Hall–Kier alpha value is -2.14. The zero-order valence-electron chi connectivity index (χ0n) is 12.8. The molecule has 5 nitrogen and oxygen atoms in total. The number of anilines is 1. The van der Waals surface area contributed by atoms with Gasteiger partial charge in [0.05, 0.1) is 5.56 Å². The largest absolute Gasteiger partial charge is 0.336 e. The molecule has 0 bridgehead atoms. The van der Waals surface area contributed by atoms with Gasteiger partial charge >= 0.3 is 0 Å². The molecule has 0 saturated carbocycles. The quantitative estimate of drug-likeness (QED) is 0.905. The van der Waals surface area contributed by atoms with Crippen molar-refractivity contribution in [2.75, 3.05) is 18.0 Å². The van der Waals surface area contributed by atoms with Gasteiger partial charge in [-0.2, -0.15) is 4.98 Å². The van der Waals surface area contributed by atoms with Gasteiger partial charge in [0.2, 0.25) is 5.95 Å². The molecule has 1 aromatic carbocycles. The molecule has 0 unspecified atom stereocenters. The number of nitrogens with one attached hydrogen (secondary N) is 1. The molecule has 0 spiro atoms. The zero-order valence-corrected chi connectivity index (χ0v) is 12.8. The van der Waals surface area contributed by atoms with Crippen LogP contribution in [0.1, 0.15) is 22.4 Å². The standard InChI is InChI=1S/C17H20N4O/c1-12-4-2-3-5-13(12)11-20-8-9-21-15-6-7-18-10-14(15)16(22)19-17(20)21/h2-5,18H,6-11H2,1H3. The van der Waals surface area contributed by atoms with E-state index in [9.17, 15) is 4.79 Å². The van der Waals surface area contributed by atoms with Crippen LogP contribution in [-0.4, -0.2) is 22.6 Å². The Balaban J connectivity index is 1.72. The van der Waals surface area contributed by atoms with Gasteiger partial charge in [0.25, 0.3) is 5.56 Å². The Labute approximate surface area is 129 Å². The number of benzene rings is 1. The fourth-order valence-corrected chi connectivity index (χ4v) is 3.45. The molecule has 22 heavy (non-hydrogen) atoms. The van der Waals surface area contributed by atoms with Crippen LogP contribution in [0.3, 0.4) is 0 Å². The zero-order chi connectivity index (χ0) is 15.1. The van der Waals surface area contributed by atoms with E-state index in [1.807, 2.05) is 0 Å². The third-order valence-electron chi connectivity index (χ3n) is 4.71. The molecular formula is C17H20N4O. The van der Waals surface area contributed by atoms with Crippen molar-refractivity contribution in [2.45, 2.75) is 33.0 Å². The number of hydrogen-bond acceptors (Lipinski definition) is 4. The molecule has 114 valence electrons. The summed E-state index contributed by atoms with van der Waals surface area (Å²) in [4.78, 5) is 18.9. The molecule has 2 aliphatic heterocycles. The summed E-state index contributed by atoms with van der Waals surface area (Å²) in [5.74, 6) is 0.842. The van der Waals surface area contributed by atoms with Crippen LogP contribution in [0.25, 0.3) is 0 Å². The van der Waals surface area contributed by atoms with Crippen molar-refractivity contribution in [1.29, 1.82) is 0 Å². The van der Waals surface area contributed by atoms with Gasteiger partial charge in [-0.15, -0.1) is 0 Å². The molecule has 0 atom stereocenters. The average Bonchev–Trinajstić information content (AvgIpc) is 2.93. The molecule has 2 aromatic rings. The number of aryl methyl sites for hydroxylation is 1. The van der Waals surface area contributed by atoms with Crippen molar-refractivity contribution in [3.8, 4) is 0 Å². The third kappa shape index (κ3) is 2.13. The fourth-order valence-electron chi connectivity index (χ4n) is 3.45. The van der Waals surface area contributed by atoms with Gasteiger partial charge in [-0.1, -0.05) is 24.3 Å². The Morgan fingerprint density at radius 3 is 3.00 bits per heavy atom. The van der Waals surface area contributed by atoms with Gasteiger partial charge in [-0.3, -0.25) is 4.79 Å². The molecule has 3 heterocycles. The van der Waals surface area contributed by atoms with Crippen LogP contribution in [0, 0.1) is 6.92 Å². The maximum absolute atomic E-state index is 12.3. The van der Waals surface area contributed by atoms with E-state index in [2.05, 4.69) is 51.0 Å². The number of hydrogen-bond donors (Lipinski definition) is 1. The average molecular weight is 296 g/mol. The van der Waals surface area contributed by atoms with Crippen LogP contribution in [0.15, 0.2) is 29.1 Å². The first kappa shape index (κ1) is 13.5. The minimum absolute atomic E-state index is 0.0647. The predicted octanol–water partition coefficient (Wildman–Crippen LogP) is 1.22. The van der Waals surface area contributed by atoms with Crippen LogP contribution in [-0.2, 0) is 26.1 Å². The summed E-state index contributed by atoms with van der Waals surface area (Å²) in [6.07, 6.45) is 0.915. The van der Waals surface area contributed by atoms with Crippen LogP contribution >= 0.6 is 0 Å². The summed E-state index contributed by atoms with van der Waals surface area (Å²) >= 11 is 0. The van der Waals surface area contributed by atoms with E-state index in [0.29, 0.717) is 6.54 Å². The topological polar surface area (TPSA) is 50.2 Å². The van der Waals surface area contributed by atoms with Gasteiger partial charge in [0, 0.05) is 44.8 Å². The van der Waals surface area contributed by atoms with Crippen LogP contribution in [0.2, 0.25) is 0 Å². The molecule has 0 amide bonds. The van der Waals surface area contributed by atoms with E-state index in [-0.39, 0.29) is 5.56 Å². The Bertz CT molecular complexity index is 781. The summed E-state index contributed by atoms with van der Waals surface area (Å²) in [5, 5.41) is 3.26. The van der Waals surface area contributed by atoms with Gasteiger partial charge in [0.15, 0.2) is 0 Å². The number of rotatable bonds is 2. The fraction of sp³-hybridized carbons (Fsp3) is 0.412. The highest BCUT2D eigenvalue weighted by Crippen LogP contribution is 2.25. The molecule has 4 rings (SSSR count). The summed E-state index contributed by atoms with van der Waals surface area (Å²) in [5.41, 5.74) is 4.55. The molecule has 5 heteroatoms. The number of nitrogens with zero attached hydrogens (tertiary/aromatic N) is 3. The monoisotopic (exact) mass is 296 g/mol. The molecule has 0 radical (unpaired) electrons. The van der Waals surface area contributed by atoms with E-state index < -0.39 is 0 Å². The normalized spacial score (nSPS) is 16.5. The van der Waals surface area contributed by atoms with Gasteiger partial charge in [-0.25, -0.2) is 0 Å². The SMILES string of the molecule is Cc1ccccc1CN1CCn2c1nc(=O)c1c2CCNC1. The van der Waals surface area contributed by atoms with Crippen molar-refractivity contribution in [3.05, 3.63) is 57.0 Å². The highest BCUT2D eigenvalue weighted by atomic mass is 16.1. The predicted molar refractivity (Wildman–Crippen MR) is 86.1 cm³/mol. The first-order valence-electron chi connectivity index (χ1n) is 7.87. The van der Waals surface area contributed by atoms with Crippen molar-refractivity contribution >= 4 is 5.95 Å². The van der Waals surface area contributed by atoms with E-state index in [4.69, 9.17) is 0 Å². The minimum atomic E-state index is -0.0647. The number of aromatic nitrogens is 2. The molecular weight excluding hydrogens is 276 g/mol. The second kappa shape index (κ2) is 5.25. The Kier molecular flexibility index (Phi) is 3.22. The van der Waals surface area contributed by atoms with Crippen molar-refractivity contribution < 1.29 is 0 Å². The van der Waals surface area contributed by atoms with Crippen molar-refractivity contribution in [3.63, 3.8) is 0 Å². The van der Waals surface area contributed by atoms with E-state index in [1.165, 1.54) is 16.8 Å². The summed E-state index contributed by atoms with van der Waals surface area (Å²) < 4.78 is 2.25.